The molecule has 1 amide bonds. The molecule has 29 heavy (non-hydrogen) atoms. The molecule has 4 nitrogen and oxygen atoms in total. The predicted molar refractivity (Wildman–Crippen MR) is 118 cm³/mol. The molecule has 0 aliphatic rings. The van der Waals surface area contributed by atoms with Gasteiger partial charge in [-0.3, -0.25) is 9.78 Å². The van der Waals surface area contributed by atoms with Crippen LogP contribution in [0.3, 0.4) is 0 Å². The monoisotopic (exact) mass is 400 g/mol. The molecule has 1 heterocycles. The number of hydrogen-bond acceptors (Lipinski definition) is 4. The minimum absolute atomic E-state index is 0.141. The Hall–Kier alpha value is -3.31. The fourth-order valence-corrected chi connectivity index (χ4v) is 4.21. The third-order valence-electron chi connectivity index (χ3n) is 4.63. The van der Waals surface area contributed by atoms with Gasteiger partial charge in [0.15, 0.2) is 0 Å². The van der Waals surface area contributed by atoms with E-state index in [0.717, 1.165) is 32.0 Å². The minimum atomic E-state index is -0.141. The first kappa shape index (κ1) is 19.0. The molecule has 0 saturated carbocycles. The summed E-state index contributed by atoms with van der Waals surface area (Å²) in [7, 11) is 1.65. The Morgan fingerprint density at radius 1 is 0.966 bits per heavy atom. The number of carbonyl (C=O) groups is 1. The Balaban J connectivity index is 1.66. The Labute approximate surface area is 173 Å². The standard InChI is InChI=1S/C24H20N2O2S/c1-16-6-3-10-21(29-19-13-11-18(28-2)12-14-19)22(16)24(27)26-20-9-4-7-17-8-5-15-25-23(17)20/h3-15H,1-2H3,(H,26,27). The zero-order valence-corrected chi connectivity index (χ0v) is 17.0. The van der Waals surface area contributed by atoms with Crippen molar-refractivity contribution in [2.24, 2.45) is 0 Å². The van der Waals surface area contributed by atoms with E-state index in [4.69, 9.17) is 4.74 Å². The fraction of sp³-hybridized carbons (Fsp3) is 0.0833. The summed E-state index contributed by atoms with van der Waals surface area (Å²) < 4.78 is 5.22. The van der Waals surface area contributed by atoms with Crippen molar-refractivity contribution < 1.29 is 9.53 Å². The SMILES string of the molecule is COc1ccc(Sc2cccc(C)c2C(=O)Nc2cccc3cccnc23)cc1. The maximum Gasteiger partial charge on any atom is 0.257 e. The summed E-state index contributed by atoms with van der Waals surface area (Å²) in [6.07, 6.45) is 1.73. The van der Waals surface area contributed by atoms with Crippen LogP contribution < -0.4 is 10.1 Å². The molecular formula is C24H20N2O2S. The van der Waals surface area contributed by atoms with Crippen LogP contribution in [-0.2, 0) is 0 Å². The number of para-hydroxylation sites is 1. The van der Waals surface area contributed by atoms with E-state index in [9.17, 15) is 4.79 Å². The number of fused-ring (bicyclic) bond motifs is 1. The number of aryl methyl sites for hydroxylation is 1. The largest absolute Gasteiger partial charge is 0.497 e. The molecule has 0 radical (unpaired) electrons. The van der Waals surface area contributed by atoms with E-state index in [0.29, 0.717) is 11.3 Å². The number of anilines is 1. The van der Waals surface area contributed by atoms with Crippen LogP contribution in [0.1, 0.15) is 15.9 Å². The van der Waals surface area contributed by atoms with Gasteiger partial charge in [0.1, 0.15) is 5.75 Å². The van der Waals surface area contributed by atoms with Gasteiger partial charge in [-0.1, -0.05) is 42.1 Å². The van der Waals surface area contributed by atoms with Gasteiger partial charge in [-0.25, -0.2) is 0 Å². The Kier molecular flexibility index (Phi) is 5.49. The molecule has 1 aromatic heterocycles. The fourth-order valence-electron chi connectivity index (χ4n) is 3.18. The molecule has 0 unspecified atom stereocenters. The van der Waals surface area contributed by atoms with Crippen molar-refractivity contribution in [2.45, 2.75) is 16.7 Å². The van der Waals surface area contributed by atoms with Gasteiger partial charge in [-0.05, 0) is 55.0 Å². The van der Waals surface area contributed by atoms with Gasteiger partial charge >= 0.3 is 0 Å². The molecule has 0 spiro atoms. The molecule has 0 aliphatic carbocycles. The summed E-state index contributed by atoms with van der Waals surface area (Å²) in [6.45, 7) is 1.95. The number of pyridine rings is 1. The van der Waals surface area contributed by atoms with E-state index in [1.165, 1.54) is 0 Å². The van der Waals surface area contributed by atoms with Gasteiger partial charge < -0.3 is 10.1 Å². The van der Waals surface area contributed by atoms with Crippen LogP contribution in [-0.4, -0.2) is 18.0 Å². The molecule has 144 valence electrons. The van der Waals surface area contributed by atoms with E-state index in [-0.39, 0.29) is 5.91 Å². The Morgan fingerprint density at radius 3 is 2.52 bits per heavy atom. The number of methoxy groups -OCH3 is 1. The zero-order chi connectivity index (χ0) is 20.2. The van der Waals surface area contributed by atoms with Crippen molar-refractivity contribution in [3.05, 3.63) is 90.1 Å². The average Bonchev–Trinajstić information content (AvgIpc) is 2.74. The molecule has 0 aliphatic heterocycles. The van der Waals surface area contributed by atoms with Gasteiger partial charge in [-0.15, -0.1) is 0 Å². The normalized spacial score (nSPS) is 10.7. The van der Waals surface area contributed by atoms with Crippen LogP contribution in [0.5, 0.6) is 5.75 Å². The van der Waals surface area contributed by atoms with Gasteiger partial charge in [-0.2, -0.15) is 0 Å². The highest BCUT2D eigenvalue weighted by molar-refractivity contribution is 7.99. The number of benzene rings is 3. The summed E-state index contributed by atoms with van der Waals surface area (Å²) in [6, 6.07) is 23.4. The molecule has 0 bridgehead atoms. The summed E-state index contributed by atoms with van der Waals surface area (Å²) in [5.41, 5.74) is 3.08. The van der Waals surface area contributed by atoms with Crippen LogP contribution >= 0.6 is 11.8 Å². The number of nitrogens with one attached hydrogen (secondary N) is 1. The lowest BCUT2D eigenvalue weighted by Gasteiger charge is -2.14. The van der Waals surface area contributed by atoms with Gasteiger partial charge in [0.25, 0.3) is 5.91 Å². The third kappa shape index (κ3) is 4.10. The molecule has 5 heteroatoms. The van der Waals surface area contributed by atoms with Gasteiger partial charge in [0.2, 0.25) is 0 Å². The van der Waals surface area contributed by atoms with Crippen molar-refractivity contribution in [1.29, 1.82) is 0 Å². The van der Waals surface area contributed by atoms with E-state index in [2.05, 4.69) is 10.3 Å². The first-order valence-corrected chi connectivity index (χ1v) is 10.0. The number of amides is 1. The van der Waals surface area contributed by atoms with Crippen molar-refractivity contribution in [1.82, 2.24) is 4.98 Å². The maximum absolute atomic E-state index is 13.2. The molecule has 4 aromatic rings. The maximum atomic E-state index is 13.2. The molecule has 4 rings (SSSR count). The number of rotatable bonds is 5. The van der Waals surface area contributed by atoms with E-state index in [1.54, 1.807) is 25.1 Å². The van der Waals surface area contributed by atoms with E-state index >= 15 is 0 Å². The summed E-state index contributed by atoms with van der Waals surface area (Å²) in [5.74, 6) is 0.664. The van der Waals surface area contributed by atoms with Crippen molar-refractivity contribution >= 4 is 34.3 Å². The minimum Gasteiger partial charge on any atom is -0.497 e. The predicted octanol–water partition coefficient (Wildman–Crippen LogP) is 5.96. The number of carbonyl (C=O) groups excluding carboxylic acids is 1. The van der Waals surface area contributed by atoms with Gasteiger partial charge in [0.05, 0.1) is 23.9 Å². The lowest BCUT2D eigenvalue weighted by Crippen LogP contribution is -2.15. The zero-order valence-electron chi connectivity index (χ0n) is 16.2. The topological polar surface area (TPSA) is 51.2 Å². The number of nitrogens with zero attached hydrogens (tertiary/aromatic N) is 1. The number of aromatic nitrogens is 1. The Bertz CT molecular complexity index is 1170. The molecule has 3 aromatic carbocycles. The van der Waals surface area contributed by atoms with Crippen LogP contribution in [0.2, 0.25) is 0 Å². The lowest BCUT2D eigenvalue weighted by molar-refractivity contribution is 0.102. The van der Waals surface area contributed by atoms with Crippen LogP contribution in [0, 0.1) is 6.92 Å². The molecule has 0 saturated heterocycles. The number of hydrogen-bond donors (Lipinski definition) is 1. The van der Waals surface area contributed by atoms with E-state index < -0.39 is 0 Å². The first-order chi connectivity index (χ1) is 14.2. The molecule has 0 atom stereocenters. The quantitative estimate of drug-likeness (QED) is 0.449. The van der Waals surface area contributed by atoms with Crippen molar-refractivity contribution in [2.75, 3.05) is 12.4 Å². The Morgan fingerprint density at radius 2 is 1.72 bits per heavy atom. The highest BCUT2D eigenvalue weighted by Gasteiger charge is 2.16. The average molecular weight is 401 g/mol. The lowest BCUT2D eigenvalue weighted by atomic mass is 10.1. The third-order valence-corrected chi connectivity index (χ3v) is 5.70. The smallest absolute Gasteiger partial charge is 0.257 e. The molecular weight excluding hydrogens is 380 g/mol. The summed E-state index contributed by atoms with van der Waals surface area (Å²) in [4.78, 5) is 19.6. The van der Waals surface area contributed by atoms with Crippen LogP contribution in [0.15, 0.2) is 88.8 Å². The number of ether oxygens (including phenoxy) is 1. The highest BCUT2D eigenvalue weighted by atomic mass is 32.2. The second kappa shape index (κ2) is 8.37. The second-order valence-electron chi connectivity index (χ2n) is 6.56. The second-order valence-corrected chi connectivity index (χ2v) is 7.68. The van der Waals surface area contributed by atoms with Crippen LogP contribution in [0.4, 0.5) is 5.69 Å². The highest BCUT2D eigenvalue weighted by Crippen LogP contribution is 2.33. The molecule has 1 N–H and O–H groups in total. The summed E-state index contributed by atoms with van der Waals surface area (Å²) in [5, 5.41) is 4.04. The first-order valence-electron chi connectivity index (χ1n) is 9.22. The van der Waals surface area contributed by atoms with Gasteiger partial charge in [0, 0.05) is 21.4 Å². The van der Waals surface area contributed by atoms with E-state index in [1.807, 2.05) is 79.7 Å². The van der Waals surface area contributed by atoms with Crippen LogP contribution in [0.25, 0.3) is 10.9 Å². The van der Waals surface area contributed by atoms with Crippen molar-refractivity contribution in [3.63, 3.8) is 0 Å². The van der Waals surface area contributed by atoms with Crippen molar-refractivity contribution in [3.8, 4) is 5.75 Å². The summed E-state index contributed by atoms with van der Waals surface area (Å²) >= 11 is 1.56. The molecule has 0 fully saturated rings.